The van der Waals surface area contributed by atoms with Crippen molar-refractivity contribution in [2.24, 2.45) is 20.5 Å². The third kappa shape index (κ3) is 9.37. The second-order valence-electron chi connectivity index (χ2n) is 12.8. The van der Waals surface area contributed by atoms with Crippen LogP contribution in [0.15, 0.2) is 124 Å². The van der Waals surface area contributed by atoms with E-state index in [9.17, 15) is 75.1 Å². The molecular formula is C34H26N6O17S5. The Bertz CT molecular complexity index is 3600. The van der Waals surface area contributed by atoms with Crippen molar-refractivity contribution in [3.05, 3.63) is 90.0 Å². The SMILES string of the molecule is Nc1ccc2cc(S(=O)(=O)O)c(N=Nc3ccc(C=Cc4ccc(N=Nc5c(S(=O)(=O)O)cc6cc(S(=O)(=O)O)cc(N)c6c5O)cc4S(=O)(=O)O)c(S(=O)(=O)O)c3)c(O)c2c1. The molecule has 0 spiro atoms. The normalized spacial score (nSPS) is 13.3. The van der Waals surface area contributed by atoms with E-state index in [4.69, 9.17) is 11.5 Å². The molecule has 0 heterocycles. The van der Waals surface area contributed by atoms with Crippen molar-refractivity contribution in [2.45, 2.75) is 24.5 Å². The van der Waals surface area contributed by atoms with E-state index in [2.05, 4.69) is 20.5 Å². The van der Waals surface area contributed by atoms with Gasteiger partial charge in [-0.05, 0) is 82.6 Å². The molecule has 0 bridgehead atoms. The molecular weight excluding hydrogens is 925 g/mol. The first-order chi connectivity index (χ1) is 28.5. The number of nitrogens with zero attached hydrogens (tertiary/aromatic N) is 4. The number of azo groups is 2. The fraction of sp³-hybridized carbons (Fsp3) is 0. The number of nitrogens with two attached hydrogens (primary N) is 2. The average Bonchev–Trinajstić information content (AvgIpc) is 3.14. The van der Waals surface area contributed by atoms with Gasteiger partial charge in [-0.15, -0.1) is 10.2 Å². The first-order valence-electron chi connectivity index (χ1n) is 16.4. The quantitative estimate of drug-likeness (QED) is 0.0320. The van der Waals surface area contributed by atoms with Crippen LogP contribution in [0.1, 0.15) is 11.1 Å². The molecule has 0 aliphatic rings. The molecule has 0 saturated heterocycles. The van der Waals surface area contributed by atoms with Gasteiger partial charge in [0.15, 0.2) is 11.5 Å². The molecule has 0 radical (unpaired) electrons. The Balaban J connectivity index is 1.39. The predicted octanol–water partition coefficient (Wildman–Crippen LogP) is 5.80. The van der Waals surface area contributed by atoms with Crippen molar-refractivity contribution in [3.63, 3.8) is 0 Å². The predicted molar refractivity (Wildman–Crippen MR) is 219 cm³/mol. The minimum absolute atomic E-state index is 0.0214. The Kier molecular flexibility index (Phi) is 11.5. The minimum Gasteiger partial charge on any atom is -0.505 e. The number of anilines is 2. The van der Waals surface area contributed by atoms with Gasteiger partial charge in [-0.25, -0.2) is 0 Å². The van der Waals surface area contributed by atoms with Crippen LogP contribution in [0.2, 0.25) is 0 Å². The number of benzene rings is 6. The first kappa shape index (κ1) is 45.1. The van der Waals surface area contributed by atoms with Crippen LogP contribution in [-0.2, 0) is 50.6 Å². The molecule has 0 saturated carbocycles. The van der Waals surface area contributed by atoms with Gasteiger partial charge in [0.1, 0.15) is 31.0 Å². The molecule has 28 heteroatoms. The standard InChI is InChI=1S/C34H26N6O17S5/c35-20-6-3-18-10-28(61(52,53)54)31(33(41)24(18)12-20)39-37-21-7-4-16(26(13-21)59(46,47)48)1-2-17-5-8-22(14-27(17)60(49,50)51)38-40-32-29(62(55,56)57)11-19-9-23(58(43,44)45)15-25(36)30(19)34(32)42/h1-15,41-42H,35-36H2,(H,43,44,45)(H,46,47,48)(H,49,50,51)(H,52,53,54)(H,55,56,57). The third-order valence-corrected chi connectivity index (χ3v) is 13.0. The molecule has 62 heavy (non-hydrogen) atoms. The van der Waals surface area contributed by atoms with Crippen LogP contribution >= 0.6 is 0 Å². The molecule has 0 aromatic heterocycles. The van der Waals surface area contributed by atoms with Gasteiger partial charge in [0.05, 0.1) is 16.3 Å². The summed E-state index contributed by atoms with van der Waals surface area (Å²) in [5.74, 6) is -1.81. The Hall–Kier alpha value is -6.47. The highest BCUT2D eigenvalue weighted by atomic mass is 32.2. The van der Waals surface area contributed by atoms with E-state index < -0.39 is 109 Å². The summed E-state index contributed by atoms with van der Waals surface area (Å²) >= 11 is 0. The molecule has 23 nitrogen and oxygen atoms in total. The second kappa shape index (κ2) is 15.8. The number of aromatic hydroxyl groups is 2. The van der Waals surface area contributed by atoms with Crippen LogP contribution in [-0.4, -0.2) is 75.1 Å². The van der Waals surface area contributed by atoms with Gasteiger partial charge in [0.2, 0.25) is 0 Å². The zero-order valence-corrected chi connectivity index (χ0v) is 34.4. The highest BCUT2D eigenvalue weighted by molar-refractivity contribution is 7.87. The lowest BCUT2D eigenvalue weighted by molar-refractivity contribution is 0.471. The van der Waals surface area contributed by atoms with Gasteiger partial charge in [-0.2, -0.15) is 52.3 Å². The summed E-state index contributed by atoms with van der Waals surface area (Å²) in [5, 5.41) is 35.9. The summed E-state index contributed by atoms with van der Waals surface area (Å²) in [5.41, 5.74) is 8.15. The van der Waals surface area contributed by atoms with Crippen molar-refractivity contribution in [1.82, 2.24) is 0 Å². The molecule has 0 unspecified atom stereocenters. The third-order valence-electron chi connectivity index (χ3n) is 8.61. The smallest absolute Gasteiger partial charge is 0.296 e. The van der Waals surface area contributed by atoms with Crippen molar-refractivity contribution >= 4 is 118 Å². The fourth-order valence-corrected chi connectivity index (χ4v) is 9.15. The Morgan fingerprint density at radius 2 is 0.903 bits per heavy atom. The van der Waals surface area contributed by atoms with Crippen LogP contribution < -0.4 is 11.5 Å². The Morgan fingerprint density at radius 3 is 1.35 bits per heavy atom. The topological polar surface area (TPSA) is 414 Å². The van der Waals surface area contributed by atoms with Gasteiger partial charge < -0.3 is 21.7 Å². The van der Waals surface area contributed by atoms with E-state index in [0.717, 1.165) is 60.7 Å². The molecule has 6 rings (SSSR count). The van der Waals surface area contributed by atoms with Crippen LogP contribution in [0.3, 0.4) is 0 Å². The van der Waals surface area contributed by atoms with E-state index in [1.807, 2.05) is 0 Å². The maximum atomic E-state index is 12.5. The minimum atomic E-state index is -5.26. The van der Waals surface area contributed by atoms with E-state index in [0.29, 0.717) is 12.1 Å². The maximum Gasteiger partial charge on any atom is 0.296 e. The summed E-state index contributed by atoms with van der Waals surface area (Å²) < 4.78 is 171. The van der Waals surface area contributed by atoms with E-state index >= 15 is 0 Å². The lowest BCUT2D eigenvalue weighted by Gasteiger charge is -2.12. The van der Waals surface area contributed by atoms with Gasteiger partial charge in [0.25, 0.3) is 50.6 Å². The van der Waals surface area contributed by atoms with Crippen LogP contribution in [0, 0.1) is 0 Å². The number of phenols is 2. The molecule has 0 amide bonds. The lowest BCUT2D eigenvalue weighted by atomic mass is 10.1. The maximum absolute atomic E-state index is 12.5. The molecule has 6 aromatic carbocycles. The molecule has 0 fully saturated rings. The van der Waals surface area contributed by atoms with E-state index in [1.54, 1.807) is 0 Å². The molecule has 11 N–H and O–H groups in total. The molecule has 6 aromatic rings. The number of fused-ring (bicyclic) bond motifs is 2. The highest BCUT2D eigenvalue weighted by Gasteiger charge is 2.26. The van der Waals surface area contributed by atoms with Gasteiger partial charge in [0, 0.05) is 22.1 Å². The number of phenolic OH excluding ortho intramolecular Hbond substituents is 2. The van der Waals surface area contributed by atoms with Gasteiger partial charge >= 0.3 is 0 Å². The van der Waals surface area contributed by atoms with Crippen LogP contribution in [0.25, 0.3) is 33.7 Å². The number of nitrogen functional groups attached to an aromatic ring is 2. The second-order valence-corrected chi connectivity index (χ2v) is 19.8. The summed E-state index contributed by atoms with van der Waals surface area (Å²) in [6, 6.07) is 12.8. The number of hydrogen-bond donors (Lipinski definition) is 9. The van der Waals surface area contributed by atoms with Crippen molar-refractivity contribution in [2.75, 3.05) is 11.5 Å². The number of hydrogen-bond acceptors (Lipinski definition) is 18. The number of rotatable bonds is 11. The summed E-state index contributed by atoms with van der Waals surface area (Å²) in [6.07, 6.45) is 1.95. The average molecular weight is 951 g/mol. The Morgan fingerprint density at radius 1 is 0.452 bits per heavy atom. The lowest BCUT2D eigenvalue weighted by Crippen LogP contribution is -2.02. The summed E-state index contributed by atoms with van der Waals surface area (Å²) in [6.45, 7) is 0. The summed E-state index contributed by atoms with van der Waals surface area (Å²) in [4.78, 5) is -4.53. The highest BCUT2D eigenvalue weighted by Crippen LogP contribution is 2.45. The van der Waals surface area contributed by atoms with Gasteiger partial charge in [-0.1, -0.05) is 30.4 Å². The Labute approximate surface area is 349 Å². The molecule has 0 atom stereocenters. The monoisotopic (exact) mass is 950 g/mol. The largest absolute Gasteiger partial charge is 0.505 e. The fourth-order valence-electron chi connectivity index (χ4n) is 5.87. The van der Waals surface area contributed by atoms with E-state index in [-0.39, 0.29) is 44.0 Å². The van der Waals surface area contributed by atoms with Crippen molar-refractivity contribution in [1.29, 1.82) is 0 Å². The zero-order valence-electron chi connectivity index (χ0n) is 30.4. The molecule has 0 aliphatic carbocycles. The van der Waals surface area contributed by atoms with Gasteiger partial charge in [-0.3, -0.25) is 22.8 Å². The molecule has 324 valence electrons. The zero-order chi connectivity index (χ0) is 45.9. The van der Waals surface area contributed by atoms with E-state index in [1.165, 1.54) is 18.2 Å². The first-order valence-corrected chi connectivity index (χ1v) is 23.6. The van der Waals surface area contributed by atoms with Crippen LogP contribution in [0.4, 0.5) is 34.1 Å². The van der Waals surface area contributed by atoms with Crippen molar-refractivity contribution in [3.8, 4) is 11.5 Å². The van der Waals surface area contributed by atoms with Crippen molar-refractivity contribution < 1.29 is 75.1 Å². The van der Waals surface area contributed by atoms with Crippen LogP contribution in [0.5, 0.6) is 11.5 Å². The summed E-state index contributed by atoms with van der Waals surface area (Å²) in [7, 11) is -25.4. The molecule has 0 aliphatic heterocycles.